The minimum atomic E-state index is -0.942. The van der Waals surface area contributed by atoms with Gasteiger partial charge in [0.05, 0.1) is 21.3 Å². The molecular weight excluding hydrogens is 444 g/mol. The highest BCUT2D eigenvalue weighted by molar-refractivity contribution is 6.10. The van der Waals surface area contributed by atoms with E-state index in [9.17, 15) is 9.59 Å². The van der Waals surface area contributed by atoms with E-state index in [4.69, 9.17) is 14.2 Å². The van der Waals surface area contributed by atoms with E-state index in [1.165, 1.54) is 19.1 Å². The molecule has 0 spiro atoms. The molecule has 3 aromatic rings. The summed E-state index contributed by atoms with van der Waals surface area (Å²) in [5, 5.41) is 3.03. The molecule has 0 fully saturated rings. The molecule has 184 valence electrons. The van der Waals surface area contributed by atoms with Gasteiger partial charge >= 0.3 is 0 Å². The van der Waals surface area contributed by atoms with Crippen molar-refractivity contribution in [3.05, 3.63) is 83.9 Å². The van der Waals surface area contributed by atoms with Gasteiger partial charge in [0.1, 0.15) is 11.8 Å². The summed E-state index contributed by atoms with van der Waals surface area (Å²) in [6, 6.07) is 20.3. The summed E-state index contributed by atoms with van der Waals surface area (Å²) < 4.78 is 16.0. The number of carbonyl (C=O) groups is 2. The van der Waals surface area contributed by atoms with Gasteiger partial charge in [-0.25, -0.2) is 0 Å². The Morgan fingerprint density at radius 2 is 1.43 bits per heavy atom. The van der Waals surface area contributed by atoms with Gasteiger partial charge in [-0.15, -0.1) is 0 Å². The van der Waals surface area contributed by atoms with Crippen LogP contribution in [0.1, 0.15) is 42.7 Å². The topological polar surface area (TPSA) is 77.1 Å². The van der Waals surface area contributed by atoms with E-state index in [1.807, 2.05) is 39.0 Å². The maximum absolute atomic E-state index is 14.0. The van der Waals surface area contributed by atoms with Crippen molar-refractivity contribution in [2.45, 2.75) is 32.4 Å². The third-order valence-corrected chi connectivity index (χ3v) is 5.32. The SMILES string of the molecule is COc1ccc([C@@H](C(=O)NC(C)(C)C)N(C(=O)c2ccc(OC)c(OC)c2)c2ccccc2)cc1. The first kappa shape index (κ1) is 25.6. The van der Waals surface area contributed by atoms with E-state index in [1.54, 1.807) is 61.7 Å². The highest BCUT2D eigenvalue weighted by Crippen LogP contribution is 2.33. The molecular formula is C28H32N2O5. The van der Waals surface area contributed by atoms with Crippen molar-refractivity contribution in [2.24, 2.45) is 0 Å². The zero-order valence-electron chi connectivity index (χ0n) is 21.0. The van der Waals surface area contributed by atoms with E-state index in [0.717, 1.165) is 0 Å². The summed E-state index contributed by atoms with van der Waals surface area (Å²) >= 11 is 0. The van der Waals surface area contributed by atoms with Gasteiger partial charge in [-0.1, -0.05) is 30.3 Å². The number of amides is 2. The molecule has 0 radical (unpaired) electrons. The van der Waals surface area contributed by atoms with Crippen molar-refractivity contribution in [2.75, 3.05) is 26.2 Å². The van der Waals surface area contributed by atoms with Crippen molar-refractivity contribution < 1.29 is 23.8 Å². The van der Waals surface area contributed by atoms with Crippen LogP contribution in [0.4, 0.5) is 5.69 Å². The Kier molecular flexibility index (Phi) is 8.02. The number of hydrogen-bond acceptors (Lipinski definition) is 5. The lowest BCUT2D eigenvalue weighted by Gasteiger charge is -2.34. The van der Waals surface area contributed by atoms with Crippen molar-refractivity contribution in [3.63, 3.8) is 0 Å². The first-order chi connectivity index (χ1) is 16.7. The standard InChI is InChI=1S/C28H32N2O5/c1-28(2,3)29-26(31)25(19-12-15-22(33-4)16-13-19)30(21-10-8-7-9-11-21)27(32)20-14-17-23(34-5)24(18-20)35-6/h7-18,25H,1-6H3,(H,29,31)/t25-/m0/s1. The van der Waals surface area contributed by atoms with Crippen LogP contribution in [0.2, 0.25) is 0 Å². The van der Waals surface area contributed by atoms with Crippen LogP contribution < -0.4 is 24.4 Å². The lowest BCUT2D eigenvalue weighted by atomic mass is 9.99. The van der Waals surface area contributed by atoms with Gasteiger partial charge < -0.3 is 19.5 Å². The highest BCUT2D eigenvalue weighted by Gasteiger charge is 2.35. The summed E-state index contributed by atoms with van der Waals surface area (Å²) in [5.41, 5.74) is 1.08. The molecule has 0 aromatic heterocycles. The second-order valence-electron chi connectivity index (χ2n) is 9.00. The number of ether oxygens (including phenoxy) is 3. The average Bonchev–Trinajstić information content (AvgIpc) is 2.85. The molecule has 0 bridgehead atoms. The van der Waals surface area contributed by atoms with Crippen molar-refractivity contribution in [3.8, 4) is 17.2 Å². The molecule has 35 heavy (non-hydrogen) atoms. The number of carbonyl (C=O) groups excluding carboxylic acids is 2. The lowest BCUT2D eigenvalue weighted by Crippen LogP contribution is -2.49. The third-order valence-electron chi connectivity index (χ3n) is 5.32. The van der Waals surface area contributed by atoms with Crippen LogP contribution in [-0.4, -0.2) is 38.7 Å². The number of benzene rings is 3. The number of methoxy groups -OCH3 is 3. The molecule has 0 saturated carbocycles. The summed E-state index contributed by atoms with van der Waals surface area (Å²) in [6.07, 6.45) is 0. The molecule has 0 saturated heterocycles. The Morgan fingerprint density at radius 1 is 0.800 bits per heavy atom. The third kappa shape index (κ3) is 6.12. The Labute approximate surface area is 206 Å². The van der Waals surface area contributed by atoms with E-state index in [-0.39, 0.29) is 11.8 Å². The zero-order valence-corrected chi connectivity index (χ0v) is 21.0. The van der Waals surface area contributed by atoms with Crippen LogP contribution in [0.25, 0.3) is 0 Å². The molecule has 7 heteroatoms. The average molecular weight is 477 g/mol. The Bertz CT molecular complexity index is 1150. The maximum Gasteiger partial charge on any atom is 0.259 e. The van der Waals surface area contributed by atoms with Crippen LogP contribution in [0.15, 0.2) is 72.8 Å². The Hall–Kier alpha value is -4.00. The molecule has 2 amide bonds. The Balaban J connectivity index is 2.19. The number of nitrogens with zero attached hydrogens (tertiary/aromatic N) is 1. The van der Waals surface area contributed by atoms with Crippen molar-refractivity contribution in [1.82, 2.24) is 5.32 Å². The molecule has 0 aliphatic rings. The van der Waals surface area contributed by atoms with Gasteiger partial charge in [-0.3, -0.25) is 14.5 Å². The molecule has 3 rings (SSSR count). The smallest absolute Gasteiger partial charge is 0.259 e. The van der Waals surface area contributed by atoms with Gasteiger partial charge in [0.15, 0.2) is 11.5 Å². The molecule has 0 aliphatic heterocycles. The largest absolute Gasteiger partial charge is 0.497 e. The fraction of sp³-hybridized carbons (Fsp3) is 0.286. The van der Waals surface area contributed by atoms with E-state index >= 15 is 0 Å². The van der Waals surface area contributed by atoms with Gasteiger partial charge in [0, 0.05) is 16.8 Å². The summed E-state index contributed by atoms with van der Waals surface area (Å²) in [7, 11) is 4.62. The monoisotopic (exact) mass is 476 g/mol. The van der Waals surface area contributed by atoms with Gasteiger partial charge in [0.2, 0.25) is 5.91 Å². The predicted octanol–water partition coefficient (Wildman–Crippen LogP) is 5.02. The first-order valence-corrected chi connectivity index (χ1v) is 11.2. The van der Waals surface area contributed by atoms with Gasteiger partial charge in [-0.05, 0) is 68.8 Å². The quantitative estimate of drug-likeness (QED) is 0.494. The molecule has 0 heterocycles. The first-order valence-electron chi connectivity index (χ1n) is 11.2. The van der Waals surface area contributed by atoms with Crippen LogP contribution in [0.3, 0.4) is 0 Å². The normalized spacial score (nSPS) is 11.8. The van der Waals surface area contributed by atoms with E-state index < -0.39 is 11.6 Å². The fourth-order valence-electron chi connectivity index (χ4n) is 3.72. The lowest BCUT2D eigenvalue weighted by molar-refractivity contribution is -0.123. The molecule has 0 aliphatic carbocycles. The van der Waals surface area contributed by atoms with Crippen LogP contribution >= 0.6 is 0 Å². The highest BCUT2D eigenvalue weighted by atomic mass is 16.5. The van der Waals surface area contributed by atoms with Crippen LogP contribution in [0, 0.1) is 0 Å². The van der Waals surface area contributed by atoms with Gasteiger partial charge in [-0.2, -0.15) is 0 Å². The zero-order chi connectivity index (χ0) is 25.6. The summed E-state index contributed by atoms with van der Waals surface area (Å²) in [4.78, 5) is 29.3. The maximum atomic E-state index is 14.0. The van der Waals surface area contributed by atoms with E-state index in [0.29, 0.717) is 34.1 Å². The molecule has 1 N–H and O–H groups in total. The summed E-state index contributed by atoms with van der Waals surface area (Å²) in [6.45, 7) is 5.71. The minimum Gasteiger partial charge on any atom is -0.497 e. The number of rotatable bonds is 8. The molecule has 1 atom stereocenters. The molecule has 3 aromatic carbocycles. The van der Waals surface area contributed by atoms with E-state index in [2.05, 4.69) is 5.32 Å². The second kappa shape index (κ2) is 11.0. The summed E-state index contributed by atoms with van der Waals surface area (Å²) in [5.74, 6) is 0.919. The van der Waals surface area contributed by atoms with Gasteiger partial charge in [0.25, 0.3) is 5.91 Å². The number of para-hydroxylation sites is 1. The van der Waals surface area contributed by atoms with Crippen molar-refractivity contribution in [1.29, 1.82) is 0 Å². The molecule has 7 nitrogen and oxygen atoms in total. The fourth-order valence-corrected chi connectivity index (χ4v) is 3.72. The second-order valence-corrected chi connectivity index (χ2v) is 9.00. The Morgan fingerprint density at radius 3 is 1.97 bits per heavy atom. The number of anilines is 1. The van der Waals surface area contributed by atoms with Crippen molar-refractivity contribution >= 4 is 17.5 Å². The number of nitrogens with one attached hydrogen (secondary N) is 1. The predicted molar refractivity (Wildman–Crippen MR) is 136 cm³/mol. The number of hydrogen-bond donors (Lipinski definition) is 1. The molecule has 0 unspecified atom stereocenters. The minimum absolute atomic E-state index is 0.305. The van der Waals surface area contributed by atoms with Crippen LogP contribution in [0.5, 0.6) is 17.2 Å². The van der Waals surface area contributed by atoms with Crippen LogP contribution in [-0.2, 0) is 4.79 Å².